The van der Waals surface area contributed by atoms with E-state index in [-0.39, 0.29) is 12.2 Å². The highest BCUT2D eigenvalue weighted by Crippen LogP contribution is 2.34. The lowest BCUT2D eigenvalue weighted by molar-refractivity contribution is 0.0992. The highest BCUT2D eigenvalue weighted by Gasteiger charge is 2.29. The van der Waals surface area contributed by atoms with Crippen LogP contribution in [0.2, 0.25) is 10.0 Å². The van der Waals surface area contributed by atoms with Gasteiger partial charge in [0.1, 0.15) is 12.2 Å². The smallest absolute Gasteiger partial charge is 0.472 e. The Kier molecular flexibility index (Phi) is 15.9. The van der Waals surface area contributed by atoms with Crippen molar-refractivity contribution in [2.75, 3.05) is 36.0 Å². The second kappa shape index (κ2) is 21.4. The first-order chi connectivity index (χ1) is 29.7. The lowest BCUT2D eigenvalue weighted by Gasteiger charge is -2.22. The molecule has 0 radical (unpaired) electrons. The number of amides is 2. The van der Waals surface area contributed by atoms with Crippen molar-refractivity contribution in [2.24, 2.45) is 11.5 Å². The summed E-state index contributed by atoms with van der Waals surface area (Å²) in [6.45, 7) is 6.96. The Morgan fingerprint density at radius 3 is 1.66 bits per heavy atom. The lowest BCUT2D eigenvalue weighted by atomic mass is 9.80. The van der Waals surface area contributed by atoms with Crippen LogP contribution in [0.25, 0.3) is 11.1 Å². The molecule has 6 N–H and O–H groups in total. The van der Waals surface area contributed by atoms with Crippen LogP contribution in [-0.4, -0.2) is 77.3 Å². The van der Waals surface area contributed by atoms with Crippen molar-refractivity contribution in [3.05, 3.63) is 158 Å². The minimum Gasteiger partial charge on any atom is -0.472 e. The van der Waals surface area contributed by atoms with Crippen molar-refractivity contribution in [1.29, 1.82) is 0 Å². The van der Waals surface area contributed by atoms with Gasteiger partial charge in [-0.25, -0.2) is 9.97 Å². The van der Waals surface area contributed by atoms with E-state index >= 15 is 0 Å². The SMILES string of the molecule is Cc1ccc(O[C@H]2CCN(c3ccc(-c4ccccc4Cl)cc3C(N)=O)C2)nc1.Cc1ccc(O[C@H]2CCN(c3ccc(Br)cc3C(N)=O)C2)nc1.OB(O)c1ccccc1Cl. The van der Waals surface area contributed by atoms with Crippen LogP contribution in [0, 0.1) is 13.8 Å². The quantitative estimate of drug-likeness (QED) is 0.101. The van der Waals surface area contributed by atoms with Crippen molar-refractivity contribution >= 4 is 74.9 Å². The Morgan fingerprint density at radius 2 is 1.19 bits per heavy atom. The van der Waals surface area contributed by atoms with E-state index in [0.29, 0.717) is 51.5 Å². The van der Waals surface area contributed by atoms with Gasteiger partial charge in [-0.1, -0.05) is 93.7 Å². The summed E-state index contributed by atoms with van der Waals surface area (Å²) in [5.74, 6) is 0.365. The van der Waals surface area contributed by atoms with Crippen LogP contribution >= 0.6 is 39.1 Å². The number of nitrogens with two attached hydrogens (primary N) is 2. The molecular formula is C46H46BBrCl2N6O6. The van der Waals surface area contributed by atoms with Crippen molar-refractivity contribution in [3.8, 4) is 22.9 Å². The number of carbonyl (C=O) groups excluding carboxylic acids is 2. The van der Waals surface area contributed by atoms with Gasteiger partial charge in [0.15, 0.2) is 0 Å². The second-order valence-corrected chi connectivity index (χ2v) is 16.5. The first kappa shape index (κ1) is 45.9. The number of hydrogen-bond acceptors (Lipinski definition) is 10. The number of nitrogens with zero attached hydrogens (tertiary/aromatic N) is 4. The van der Waals surface area contributed by atoms with E-state index in [4.69, 9.17) is 54.2 Å². The van der Waals surface area contributed by atoms with Crippen LogP contribution in [0.15, 0.2) is 126 Å². The molecule has 320 valence electrons. The van der Waals surface area contributed by atoms with E-state index < -0.39 is 18.9 Å². The maximum Gasteiger partial charge on any atom is 0.489 e. The van der Waals surface area contributed by atoms with E-state index in [0.717, 1.165) is 64.0 Å². The second-order valence-electron chi connectivity index (χ2n) is 14.8. The molecule has 0 unspecified atom stereocenters. The van der Waals surface area contributed by atoms with Crippen LogP contribution < -0.4 is 36.2 Å². The Labute approximate surface area is 379 Å². The topological polar surface area (TPSA) is 177 Å². The zero-order chi connectivity index (χ0) is 44.3. The maximum atomic E-state index is 12.2. The van der Waals surface area contributed by atoms with Crippen molar-refractivity contribution in [3.63, 3.8) is 0 Å². The summed E-state index contributed by atoms with van der Waals surface area (Å²) in [5, 5.41) is 18.4. The van der Waals surface area contributed by atoms with Gasteiger partial charge in [-0.3, -0.25) is 9.59 Å². The Morgan fingerprint density at radius 1 is 0.694 bits per heavy atom. The number of aryl methyl sites for hydroxylation is 2. The maximum absolute atomic E-state index is 12.2. The number of primary amides is 2. The van der Waals surface area contributed by atoms with Crippen LogP contribution in [0.1, 0.15) is 44.7 Å². The Balaban J connectivity index is 0.000000173. The number of halogens is 3. The van der Waals surface area contributed by atoms with Gasteiger partial charge in [-0.15, -0.1) is 0 Å². The molecule has 8 rings (SSSR count). The van der Waals surface area contributed by atoms with Gasteiger partial charge in [0, 0.05) is 87.4 Å². The highest BCUT2D eigenvalue weighted by molar-refractivity contribution is 9.10. The fourth-order valence-electron chi connectivity index (χ4n) is 7.01. The van der Waals surface area contributed by atoms with E-state index in [1.807, 2.05) is 92.7 Å². The standard InChI is InChI=1S/C23H22ClN3O2.C17H18BrN3O2.C6H6BClO2/c1-15-6-9-22(26-13-15)29-17-10-11-27(14-17)21-8-7-16(12-19(21)23(25)28)18-4-2-3-5-20(18)24;1-11-2-5-16(20-9-11)23-13-6-7-21(10-13)15-4-3-12(18)8-14(15)17(19)22;8-6-4-2-1-3-5(6)7(9)10/h2-9,12-13,17H,10-11,14H2,1H3,(H2,25,28);2-5,8-9,13H,6-7,10H2,1H3,(H2,19,22);1-4,9-10H/t17-;13-;/m00./s1. The third kappa shape index (κ3) is 12.3. The summed E-state index contributed by atoms with van der Waals surface area (Å²) in [6, 6.07) is 33.2. The third-order valence-corrected chi connectivity index (χ3v) is 11.3. The average Bonchev–Trinajstić information content (AvgIpc) is 3.93. The summed E-state index contributed by atoms with van der Waals surface area (Å²) in [6.07, 6.45) is 5.37. The van der Waals surface area contributed by atoms with Crippen LogP contribution in [0.3, 0.4) is 0 Å². The molecule has 2 saturated heterocycles. The Bertz CT molecular complexity index is 2480. The predicted octanol–water partition coefficient (Wildman–Crippen LogP) is 7.40. The third-order valence-electron chi connectivity index (χ3n) is 10.2. The molecule has 0 saturated carbocycles. The number of hydrogen-bond donors (Lipinski definition) is 4. The lowest BCUT2D eigenvalue weighted by Crippen LogP contribution is -2.30. The molecule has 6 aromatic rings. The molecule has 62 heavy (non-hydrogen) atoms. The largest absolute Gasteiger partial charge is 0.489 e. The van der Waals surface area contributed by atoms with Gasteiger partial charge in [-0.05, 0) is 73.0 Å². The fraction of sp³-hybridized carbons (Fsp3) is 0.217. The average molecular weight is 941 g/mol. The molecule has 2 aromatic heterocycles. The molecule has 2 aliphatic rings. The van der Waals surface area contributed by atoms with E-state index in [9.17, 15) is 9.59 Å². The van der Waals surface area contributed by atoms with Crippen LogP contribution in [-0.2, 0) is 0 Å². The molecule has 2 amide bonds. The molecule has 12 nitrogen and oxygen atoms in total. The van der Waals surface area contributed by atoms with Crippen LogP contribution in [0.5, 0.6) is 11.8 Å². The summed E-state index contributed by atoms with van der Waals surface area (Å²) in [5.41, 5.74) is 18.1. The van der Waals surface area contributed by atoms with Crippen LogP contribution in [0.4, 0.5) is 11.4 Å². The monoisotopic (exact) mass is 938 g/mol. The first-order valence-corrected chi connectivity index (χ1v) is 21.4. The molecule has 4 aromatic carbocycles. The zero-order valence-electron chi connectivity index (χ0n) is 34.1. The minimum atomic E-state index is -1.48. The summed E-state index contributed by atoms with van der Waals surface area (Å²) >= 11 is 15.3. The van der Waals surface area contributed by atoms with Crippen molar-refractivity contribution in [1.82, 2.24) is 9.97 Å². The Hall–Kier alpha value is -5.64. The van der Waals surface area contributed by atoms with Gasteiger partial charge in [0.2, 0.25) is 11.8 Å². The summed E-state index contributed by atoms with van der Waals surface area (Å²) in [7, 11) is -1.48. The molecule has 16 heteroatoms. The number of pyridine rings is 2. The number of aromatic nitrogens is 2. The summed E-state index contributed by atoms with van der Waals surface area (Å²) < 4.78 is 12.8. The fourth-order valence-corrected chi connectivity index (χ4v) is 7.85. The number of benzene rings is 4. The predicted molar refractivity (Wildman–Crippen MR) is 250 cm³/mol. The number of carbonyl (C=O) groups is 2. The van der Waals surface area contributed by atoms with Gasteiger partial charge < -0.3 is 40.8 Å². The summed E-state index contributed by atoms with van der Waals surface area (Å²) in [4.78, 5) is 36.7. The first-order valence-electron chi connectivity index (χ1n) is 19.8. The molecule has 0 bridgehead atoms. The number of rotatable bonds is 10. The van der Waals surface area contributed by atoms with E-state index in [1.165, 1.54) is 0 Å². The number of ether oxygens (including phenoxy) is 2. The zero-order valence-corrected chi connectivity index (χ0v) is 37.2. The molecule has 2 atom stereocenters. The molecule has 0 aliphatic carbocycles. The highest BCUT2D eigenvalue weighted by atomic mass is 79.9. The normalized spacial score (nSPS) is 15.5. The molecule has 0 spiro atoms. The molecule has 2 fully saturated rings. The van der Waals surface area contributed by atoms with Gasteiger partial charge >= 0.3 is 7.12 Å². The minimum absolute atomic E-state index is 0.00850. The van der Waals surface area contributed by atoms with Crippen molar-refractivity contribution in [2.45, 2.75) is 38.9 Å². The van der Waals surface area contributed by atoms with Gasteiger partial charge in [-0.2, -0.15) is 0 Å². The molecular weight excluding hydrogens is 894 g/mol. The van der Waals surface area contributed by atoms with E-state index in [1.54, 1.807) is 42.7 Å². The van der Waals surface area contributed by atoms with Gasteiger partial charge in [0.25, 0.3) is 11.8 Å². The molecule has 4 heterocycles. The van der Waals surface area contributed by atoms with Gasteiger partial charge in [0.05, 0.1) is 24.2 Å². The number of anilines is 2. The molecule has 2 aliphatic heterocycles. The van der Waals surface area contributed by atoms with E-state index in [2.05, 4.69) is 35.7 Å². The van der Waals surface area contributed by atoms with Crippen molar-refractivity contribution < 1.29 is 29.1 Å².